The van der Waals surface area contributed by atoms with Gasteiger partial charge in [0.25, 0.3) is 5.91 Å². The van der Waals surface area contributed by atoms with Crippen LogP contribution in [0.5, 0.6) is 0 Å². The maximum Gasteiger partial charge on any atom is 0.491 e. The van der Waals surface area contributed by atoms with Gasteiger partial charge in [-0.05, 0) is 0 Å². The number of hydrogen-bond acceptors (Lipinski definition) is 6. The number of hydrogen-bond donors (Lipinski definition) is 1. The molecule has 0 saturated carbocycles. The van der Waals surface area contributed by atoms with Crippen molar-refractivity contribution in [3.05, 3.63) is 12.7 Å². The van der Waals surface area contributed by atoms with Crippen LogP contribution >= 0.6 is 0 Å². The molecule has 1 atom stereocenters. The summed E-state index contributed by atoms with van der Waals surface area (Å²) in [6.07, 6.45) is -4.42. The van der Waals surface area contributed by atoms with Gasteiger partial charge in [-0.2, -0.15) is 18.3 Å². The van der Waals surface area contributed by atoms with Crippen LogP contribution in [0, 0.1) is 0 Å². The van der Waals surface area contributed by atoms with E-state index in [1.54, 1.807) is 0 Å². The van der Waals surface area contributed by atoms with Crippen molar-refractivity contribution in [2.45, 2.75) is 18.6 Å². The number of allylic oxidation sites excluding steroid dienone is 1. The van der Waals surface area contributed by atoms with Crippen molar-refractivity contribution in [1.82, 2.24) is 5.01 Å². The van der Waals surface area contributed by atoms with Gasteiger partial charge in [0.15, 0.2) is 0 Å². The number of carbonyl (C=O) groups is 3. The Morgan fingerprint density at radius 3 is 2.55 bits per heavy atom. The third kappa shape index (κ3) is 3.63. The summed E-state index contributed by atoms with van der Waals surface area (Å²) >= 11 is 0. The minimum atomic E-state index is -5.30. The maximum atomic E-state index is 11.9. The Bertz CT molecular complexity index is 487. The summed E-state index contributed by atoms with van der Waals surface area (Å²) in [6, 6.07) is -0.767. The van der Waals surface area contributed by atoms with Gasteiger partial charge in [-0.15, -0.1) is 6.58 Å². The summed E-state index contributed by atoms with van der Waals surface area (Å²) in [5, 5.41) is 4.29. The summed E-state index contributed by atoms with van der Waals surface area (Å²) < 4.78 is 39.4. The van der Waals surface area contributed by atoms with E-state index in [4.69, 9.17) is 5.73 Å². The van der Waals surface area contributed by atoms with Crippen molar-refractivity contribution in [3.8, 4) is 0 Å². The molecule has 0 aliphatic carbocycles. The molecule has 110 valence electrons. The van der Waals surface area contributed by atoms with Crippen molar-refractivity contribution >= 4 is 23.6 Å². The molecule has 2 N–H and O–H groups in total. The van der Waals surface area contributed by atoms with Crippen LogP contribution in [0.4, 0.5) is 13.2 Å². The number of amides is 1. The van der Waals surface area contributed by atoms with Crippen LogP contribution in [0.3, 0.4) is 0 Å². The third-order valence-corrected chi connectivity index (χ3v) is 2.17. The fourth-order valence-electron chi connectivity index (χ4n) is 1.17. The molecular formula is C10H10F3N3O4. The van der Waals surface area contributed by atoms with Gasteiger partial charge in [0, 0.05) is 6.42 Å². The van der Waals surface area contributed by atoms with Crippen LogP contribution < -0.4 is 5.73 Å². The van der Waals surface area contributed by atoms with Gasteiger partial charge in [0.05, 0.1) is 6.54 Å². The lowest BCUT2D eigenvalue weighted by molar-refractivity contribution is -0.199. The van der Waals surface area contributed by atoms with E-state index in [-0.39, 0.29) is 13.0 Å². The number of ether oxygens (including phenoxy) is 1. The molecule has 0 radical (unpaired) electrons. The van der Waals surface area contributed by atoms with E-state index in [1.807, 2.05) is 0 Å². The highest BCUT2D eigenvalue weighted by atomic mass is 19.4. The molecule has 1 saturated heterocycles. The minimum Gasteiger partial charge on any atom is -0.382 e. The molecule has 1 amide bonds. The quantitative estimate of drug-likeness (QED) is 0.252. The van der Waals surface area contributed by atoms with Crippen molar-refractivity contribution in [2.24, 2.45) is 10.8 Å². The SMILES string of the molecule is C=CCC(=NN1CC(N)C1=O)C(=O)OC(=O)C(F)(F)F. The van der Waals surface area contributed by atoms with Crippen molar-refractivity contribution in [3.63, 3.8) is 0 Å². The number of halogens is 3. The van der Waals surface area contributed by atoms with Crippen molar-refractivity contribution in [1.29, 1.82) is 0 Å². The zero-order valence-electron chi connectivity index (χ0n) is 10.0. The number of nitrogens with zero attached hydrogens (tertiary/aromatic N) is 2. The number of rotatable bonds is 4. The number of alkyl halides is 3. The lowest BCUT2D eigenvalue weighted by Crippen LogP contribution is -2.58. The first kappa shape index (κ1) is 15.8. The topological polar surface area (TPSA) is 102 Å². The third-order valence-electron chi connectivity index (χ3n) is 2.17. The first-order valence-electron chi connectivity index (χ1n) is 5.25. The van der Waals surface area contributed by atoms with Gasteiger partial charge in [0.2, 0.25) is 0 Å². The van der Waals surface area contributed by atoms with Gasteiger partial charge in [-0.25, -0.2) is 14.6 Å². The lowest BCUT2D eigenvalue weighted by atomic mass is 10.1. The Labute approximate surface area is 110 Å². The molecule has 20 heavy (non-hydrogen) atoms. The molecule has 1 aliphatic rings. The lowest BCUT2D eigenvalue weighted by Gasteiger charge is -2.31. The minimum absolute atomic E-state index is 0.0139. The first-order valence-corrected chi connectivity index (χ1v) is 5.25. The van der Waals surface area contributed by atoms with E-state index in [2.05, 4.69) is 16.4 Å². The van der Waals surface area contributed by atoms with Gasteiger partial charge >= 0.3 is 18.1 Å². The van der Waals surface area contributed by atoms with Gasteiger partial charge in [-0.1, -0.05) is 6.08 Å². The first-order chi connectivity index (χ1) is 9.16. The second-order valence-corrected chi connectivity index (χ2v) is 3.74. The molecule has 1 fully saturated rings. The molecule has 1 heterocycles. The maximum absolute atomic E-state index is 11.9. The Hall–Kier alpha value is -2.23. The summed E-state index contributed by atoms with van der Waals surface area (Å²) in [6.45, 7) is 3.29. The zero-order valence-corrected chi connectivity index (χ0v) is 10.0. The number of β-lactam (4-membered cyclic amide) rings is 1. The van der Waals surface area contributed by atoms with Gasteiger partial charge < -0.3 is 10.5 Å². The Morgan fingerprint density at radius 2 is 2.15 bits per heavy atom. The largest absolute Gasteiger partial charge is 0.491 e. The second kappa shape index (κ2) is 5.82. The second-order valence-electron chi connectivity index (χ2n) is 3.74. The van der Waals surface area contributed by atoms with Crippen molar-refractivity contribution in [2.75, 3.05) is 6.54 Å². The van der Waals surface area contributed by atoms with Crippen LogP contribution in [-0.2, 0) is 19.1 Å². The van der Waals surface area contributed by atoms with Crippen LogP contribution in [-0.4, -0.2) is 47.3 Å². The standard InChI is InChI=1S/C10H10F3N3O4/c1-2-3-6(15-16-4-5(14)7(16)17)8(18)20-9(19)10(11,12)13/h2,5H,1,3-4,14H2. The Kier molecular flexibility index (Phi) is 4.61. The molecule has 0 aromatic rings. The van der Waals surface area contributed by atoms with E-state index < -0.39 is 35.8 Å². The highest BCUT2D eigenvalue weighted by Crippen LogP contribution is 2.17. The fourth-order valence-corrected chi connectivity index (χ4v) is 1.17. The van der Waals surface area contributed by atoms with Crippen LogP contribution in [0.25, 0.3) is 0 Å². The van der Waals surface area contributed by atoms with Crippen LogP contribution in [0.15, 0.2) is 17.8 Å². The highest BCUT2D eigenvalue weighted by Gasteiger charge is 2.43. The highest BCUT2D eigenvalue weighted by molar-refractivity contribution is 6.38. The van der Waals surface area contributed by atoms with E-state index in [1.165, 1.54) is 0 Å². The van der Waals surface area contributed by atoms with E-state index in [0.29, 0.717) is 0 Å². The molecule has 7 nitrogen and oxygen atoms in total. The molecular weight excluding hydrogens is 283 g/mol. The number of hydrazone groups is 1. The van der Waals surface area contributed by atoms with E-state index >= 15 is 0 Å². The van der Waals surface area contributed by atoms with Gasteiger partial charge in [-0.3, -0.25) is 4.79 Å². The smallest absolute Gasteiger partial charge is 0.382 e. The molecule has 10 heteroatoms. The normalized spacial score (nSPS) is 19.4. The summed E-state index contributed by atoms with van der Waals surface area (Å²) in [5.41, 5.74) is 4.72. The summed E-state index contributed by atoms with van der Waals surface area (Å²) in [4.78, 5) is 33.1. The predicted octanol–water partition coefficient (Wildman–Crippen LogP) is -0.280. The molecule has 1 rings (SSSR count). The summed E-state index contributed by atoms with van der Waals surface area (Å²) in [7, 11) is 0. The Balaban J connectivity index is 2.78. The number of esters is 2. The molecule has 1 aliphatic heterocycles. The van der Waals surface area contributed by atoms with Crippen LogP contribution in [0.2, 0.25) is 0 Å². The zero-order chi connectivity index (χ0) is 15.5. The fraction of sp³-hybridized carbons (Fsp3) is 0.400. The van der Waals surface area contributed by atoms with Crippen LogP contribution in [0.1, 0.15) is 6.42 Å². The van der Waals surface area contributed by atoms with E-state index in [0.717, 1.165) is 11.1 Å². The molecule has 0 aromatic carbocycles. The summed E-state index contributed by atoms with van der Waals surface area (Å²) in [5.74, 6) is -4.85. The van der Waals surface area contributed by atoms with Crippen molar-refractivity contribution < 1.29 is 32.3 Å². The predicted molar refractivity (Wildman–Crippen MR) is 59.1 cm³/mol. The monoisotopic (exact) mass is 293 g/mol. The molecule has 0 spiro atoms. The molecule has 1 unspecified atom stereocenters. The van der Waals surface area contributed by atoms with Gasteiger partial charge in [0.1, 0.15) is 11.8 Å². The average Bonchev–Trinajstić information content (AvgIpc) is 2.35. The number of carbonyl (C=O) groups excluding carboxylic acids is 3. The molecule has 0 aromatic heterocycles. The molecule has 0 bridgehead atoms. The van der Waals surface area contributed by atoms with E-state index in [9.17, 15) is 27.6 Å². The Morgan fingerprint density at radius 1 is 1.55 bits per heavy atom. The average molecular weight is 293 g/mol. The number of nitrogens with two attached hydrogens (primary N) is 1.